The number of rotatable bonds is 10. The first-order valence-electron chi connectivity index (χ1n) is 11.1. The van der Waals surface area contributed by atoms with Gasteiger partial charge in [-0.2, -0.15) is 0 Å². The van der Waals surface area contributed by atoms with Gasteiger partial charge < -0.3 is 9.73 Å². The van der Waals surface area contributed by atoms with Crippen molar-refractivity contribution >= 4 is 21.6 Å². The number of oxazole rings is 1. The summed E-state index contributed by atoms with van der Waals surface area (Å²) in [6, 6.07) is 14.3. The number of sulfonamides is 1. The standard InChI is InChI=1S/C25H31N3O4S/c1-17(2)15-27-33(30,31)22-11-9-21(10-12-22)28-24(29)13-14-25-26-16-23(32-25)20-7-5-19(6-8-20)18(3)4/h5-12,16-18,27H,13-15H2,1-4H3,(H,28,29). The van der Waals surface area contributed by atoms with Crippen LogP contribution in [0, 0.1) is 5.92 Å². The van der Waals surface area contributed by atoms with E-state index in [1.807, 2.05) is 26.0 Å². The molecule has 0 spiro atoms. The van der Waals surface area contributed by atoms with Crippen molar-refractivity contribution < 1.29 is 17.6 Å². The van der Waals surface area contributed by atoms with E-state index in [4.69, 9.17) is 4.42 Å². The Balaban J connectivity index is 1.52. The van der Waals surface area contributed by atoms with Crippen molar-refractivity contribution in [1.29, 1.82) is 0 Å². The second kappa shape index (κ2) is 10.8. The molecule has 0 bridgehead atoms. The maximum atomic E-state index is 12.3. The molecule has 7 nitrogen and oxygen atoms in total. The van der Waals surface area contributed by atoms with Crippen LogP contribution in [0.3, 0.4) is 0 Å². The molecular formula is C25H31N3O4S. The predicted octanol–water partition coefficient (Wildman–Crippen LogP) is 4.97. The van der Waals surface area contributed by atoms with Crippen molar-refractivity contribution in [2.45, 2.75) is 51.3 Å². The van der Waals surface area contributed by atoms with E-state index < -0.39 is 10.0 Å². The lowest BCUT2D eigenvalue weighted by molar-refractivity contribution is -0.116. The largest absolute Gasteiger partial charge is 0.441 e. The zero-order valence-corrected chi connectivity index (χ0v) is 20.3. The zero-order valence-electron chi connectivity index (χ0n) is 19.5. The lowest BCUT2D eigenvalue weighted by Crippen LogP contribution is -2.27. The van der Waals surface area contributed by atoms with E-state index in [1.165, 1.54) is 17.7 Å². The van der Waals surface area contributed by atoms with E-state index in [9.17, 15) is 13.2 Å². The summed E-state index contributed by atoms with van der Waals surface area (Å²) in [7, 11) is -3.56. The fraction of sp³-hybridized carbons (Fsp3) is 0.360. The van der Waals surface area contributed by atoms with Crippen LogP contribution in [0.4, 0.5) is 5.69 Å². The van der Waals surface area contributed by atoms with Gasteiger partial charge in [0.1, 0.15) is 0 Å². The normalized spacial score (nSPS) is 11.8. The molecule has 0 saturated heterocycles. The van der Waals surface area contributed by atoms with Crippen LogP contribution in [-0.2, 0) is 21.2 Å². The molecule has 2 aromatic carbocycles. The van der Waals surface area contributed by atoms with Gasteiger partial charge in [-0.25, -0.2) is 18.1 Å². The van der Waals surface area contributed by atoms with E-state index in [-0.39, 0.29) is 23.1 Å². The molecule has 0 aliphatic carbocycles. The minimum atomic E-state index is -3.56. The van der Waals surface area contributed by atoms with Crippen LogP contribution in [0.15, 0.2) is 64.0 Å². The van der Waals surface area contributed by atoms with Crippen LogP contribution in [0.5, 0.6) is 0 Å². The summed E-state index contributed by atoms with van der Waals surface area (Å²) in [6.07, 6.45) is 2.23. The lowest BCUT2D eigenvalue weighted by atomic mass is 10.0. The monoisotopic (exact) mass is 469 g/mol. The second-order valence-corrected chi connectivity index (χ2v) is 10.5. The Labute approximate surface area is 195 Å². The first-order chi connectivity index (χ1) is 15.6. The third-order valence-electron chi connectivity index (χ3n) is 5.11. The molecule has 0 atom stereocenters. The Morgan fingerprint density at radius 2 is 1.67 bits per heavy atom. The maximum Gasteiger partial charge on any atom is 0.240 e. The Kier molecular flexibility index (Phi) is 8.05. The fourth-order valence-corrected chi connectivity index (χ4v) is 4.33. The highest BCUT2D eigenvalue weighted by molar-refractivity contribution is 7.89. The van der Waals surface area contributed by atoms with Crippen molar-refractivity contribution in [2.24, 2.45) is 5.92 Å². The highest BCUT2D eigenvalue weighted by atomic mass is 32.2. The van der Waals surface area contributed by atoms with Gasteiger partial charge in [0.05, 0.1) is 11.1 Å². The number of aromatic nitrogens is 1. The number of carbonyl (C=O) groups excluding carboxylic acids is 1. The molecule has 0 aliphatic rings. The van der Waals surface area contributed by atoms with Gasteiger partial charge >= 0.3 is 0 Å². The molecule has 8 heteroatoms. The second-order valence-electron chi connectivity index (χ2n) is 8.71. The number of amides is 1. The first-order valence-corrected chi connectivity index (χ1v) is 12.6. The number of nitrogens with one attached hydrogen (secondary N) is 2. The molecule has 1 heterocycles. The van der Waals surface area contributed by atoms with E-state index in [0.29, 0.717) is 36.2 Å². The van der Waals surface area contributed by atoms with Crippen molar-refractivity contribution in [3.8, 4) is 11.3 Å². The molecule has 0 saturated carbocycles. The van der Waals surface area contributed by atoms with Crippen molar-refractivity contribution in [2.75, 3.05) is 11.9 Å². The van der Waals surface area contributed by atoms with Gasteiger partial charge in [-0.3, -0.25) is 4.79 Å². The van der Waals surface area contributed by atoms with Crippen LogP contribution in [0.1, 0.15) is 51.5 Å². The Bertz CT molecular complexity index is 1170. The van der Waals surface area contributed by atoms with Gasteiger partial charge in [-0.05, 0) is 41.7 Å². The van der Waals surface area contributed by atoms with Crippen molar-refractivity contribution in [3.63, 3.8) is 0 Å². The zero-order chi connectivity index (χ0) is 24.0. The average Bonchev–Trinajstić information content (AvgIpc) is 3.26. The van der Waals surface area contributed by atoms with E-state index in [0.717, 1.165) is 5.56 Å². The summed E-state index contributed by atoms with van der Waals surface area (Å²) in [5, 5.41) is 2.77. The molecular weight excluding hydrogens is 438 g/mol. The molecule has 0 radical (unpaired) electrons. The first kappa shape index (κ1) is 24.7. The summed E-state index contributed by atoms with van der Waals surface area (Å²) in [6.45, 7) is 8.53. The molecule has 3 rings (SSSR count). The van der Waals surface area contributed by atoms with Gasteiger partial charge in [0.25, 0.3) is 0 Å². The number of hydrogen-bond donors (Lipinski definition) is 2. The highest BCUT2D eigenvalue weighted by Gasteiger charge is 2.15. The molecule has 0 fully saturated rings. The minimum Gasteiger partial charge on any atom is -0.441 e. The van der Waals surface area contributed by atoms with Gasteiger partial charge in [0.2, 0.25) is 15.9 Å². The van der Waals surface area contributed by atoms with Crippen molar-refractivity contribution in [3.05, 3.63) is 66.2 Å². The fourth-order valence-electron chi connectivity index (χ4n) is 3.11. The number of aryl methyl sites for hydroxylation is 1. The Hall–Kier alpha value is -2.97. The van der Waals surface area contributed by atoms with Crippen LogP contribution in [-0.4, -0.2) is 25.9 Å². The van der Waals surface area contributed by atoms with Gasteiger partial charge in [-0.1, -0.05) is 52.0 Å². The molecule has 0 aliphatic heterocycles. The highest BCUT2D eigenvalue weighted by Crippen LogP contribution is 2.24. The summed E-state index contributed by atoms with van der Waals surface area (Å²) in [4.78, 5) is 16.8. The average molecular weight is 470 g/mol. The number of carbonyl (C=O) groups is 1. The van der Waals surface area contributed by atoms with Crippen LogP contribution < -0.4 is 10.0 Å². The topological polar surface area (TPSA) is 101 Å². The molecule has 176 valence electrons. The van der Waals surface area contributed by atoms with Crippen LogP contribution in [0.2, 0.25) is 0 Å². The molecule has 3 aromatic rings. The smallest absolute Gasteiger partial charge is 0.240 e. The summed E-state index contributed by atoms with van der Waals surface area (Å²) in [5.41, 5.74) is 2.73. The molecule has 1 aromatic heterocycles. The summed E-state index contributed by atoms with van der Waals surface area (Å²) >= 11 is 0. The van der Waals surface area contributed by atoms with E-state index in [2.05, 4.69) is 41.0 Å². The molecule has 2 N–H and O–H groups in total. The summed E-state index contributed by atoms with van der Waals surface area (Å²) in [5.74, 6) is 1.63. The van der Waals surface area contributed by atoms with Gasteiger partial charge in [0, 0.05) is 30.6 Å². The minimum absolute atomic E-state index is 0.162. The van der Waals surface area contributed by atoms with Crippen molar-refractivity contribution in [1.82, 2.24) is 9.71 Å². The molecule has 0 unspecified atom stereocenters. The third kappa shape index (κ3) is 7.00. The van der Waals surface area contributed by atoms with Gasteiger partial charge in [0.15, 0.2) is 11.7 Å². The van der Waals surface area contributed by atoms with Gasteiger partial charge in [-0.15, -0.1) is 0 Å². The quantitative estimate of drug-likeness (QED) is 0.436. The van der Waals surface area contributed by atoms with Crippen LogP contribution >= 0.6 is 0 Å². The Morgan fingerprint density at radius 1 is 1.00 bits per heavy atom. The van der Waals surface area contributed by atoms with E-state index >= 15 is 0 Å². The number of hydrogen-bond acceptors (Lipinski definition) is 5. The van der Waals surface area contributed by atoms with Crippen LogP contribution in [0.25, 0.3) is 11.3 Å². The number of anilines is 1. The van der Waals surface area contributed by atoms with E-state index in [1.54, 1.807) is 18.3 Å². The molecule has 33 heavy (non-hydrogen) atoms. The maximum absolute atomic E-state index is 12.3. The third-order valence-corrected chi connectivity index (χ3v) is 6.55. The SMILES string of the molecule is CC(C)CNS(=O)(=O)c1ccc(NC(=O)CCc2ncc(-c3ccc(C(C)C)cc3)o2)cc1. The number of benzene rings is 2. The summed E-state index contributed by atoms with van der Waals surface area (Å²) < 4.78 is 32.9. The molecule has 1 amide bonds. The predicted molar refractivity (Wildman–Crippen MR) is 129 cm³/mol. The number of nitrogens with zero attached hydrogens (tertiary/aromatic N) is 1. The Morgan fingerprint density at radius 3 is 2.27 bits per heavy atom. The lowest BCUT2D eigenvalue weighted by Gasteiger charge is -2.10.